The van der Waals surface area contributed by atoms with E-state index in [1.54, 1.807) is 12.1 Å². The molecule has 0 saturated carbocycles. The third-order valence-corrected chi connectivity index (χ3v) is 4.36. The quantitative estimate of drug-likeness (QED) is 0.509. The van der Waals surface area contributed by atoms with Crippen molar-refractivity contribution >= 4 is 40.0 Å². The number of thioether (sulfide) groups is 1. The minimum Gasteiger partial charge on any atom is -0.293 e. The predicted molar refractivity (Wildman–Crippen MR) is 88.2 cm³/mol. The Bertz CT molecular complexity index is 803. The molecule has 0 fully saturated rings. The van der Waals surface area contributed by atoms with Crippen LogP contribution in [-0.4, -0.2) is 16.5 Å². The lowest BCUT2D eigenvalue weighted by Gasteiger charge is -2.04. The fraction of sp³-hybridized carbons (Fsp3) is 0.0588. The zero-order valence-corrected chi connectivity index (χ0v) is 12.7. The van der Waals surface area contributed by atoms with Gasteiger partial charge in [-0.25, -0.2) is 4.98 Å². The second-order valence-electron chi connectivity index (χ2n) is 4.53. The first kappa shape index (κ1) is 14.1. The molecule has 3 rings (SSSR count). The van der Waals surface area contributed by atoms with Crippen LogP contribution < -0.4 is 0 Å². The van der Waals surface area contributed by atoms with Crippen LogP contribution >= 0.6 is 23.4 Å². The SMILES string of the molecule is O=C(CSc1ccc2ccccc2n1)c1ccccc1Cl. The summed E-state index contributed by atoms with van der Waals surface area (Å²) in [6.07, 6.45) is 0. The van der Waals surface area contributed by atoms with Crippen LogP contribution in [0.1, 0.15) is 10.4 Å². The molecule has 0 atom stereocenters. The van der Waals surface area contributed by atoms with Gasteiger partial charge in [-0.3, -0.25) is 4.79 Å². The van der Waals surface area contributed by atoms with E-state index in [1.165, 1.54) is 11.8 Å². The average Bonchev–Trinajstić information content (AvgIpc) is 2.53. The second kappa shape index (κ2) is 6.29. The van der Waals surface area contributed by atoms with Crippen molar-refractivity contribution < 1.29 is 4.79 Å². The van der Waals surface area contributed by atoms with Crippen molar-refractivity contribution in [3.8, 4) is 0 Å². The van der Waals surface area contributed by atoms with Crippen LogP contribution in [0.3, 0.4) is 0 Å². The Kier molecular flexibility index (Phi) is 4.23. The Balaban J connectivity index is 1.74. The number of fused-ring (bicyclic) bond motifs is 1. The van der Waals surface area contributed by atoms with Gasteiger partial charge >= 0.3 is 0 Å². The number of nitrogens with zero attached hydrogens (tertiary/aromatic N) is 1. The molecule has 0 aliphatic heterocycles. The van der Waals surface area contributed by atoms with Gasteiger partial charge in [0.2, 0.25) is 0 Å². The van der Waals surface area contributed by atoms with Crippen molar-refractivity contribution in [3.05, 3.63) is 71.2 Å². The van der Waals surface area contributed by atoms with Crippen molar-refractivity contribution in [2.45, 2.75) is 5.03 Å². The van der Waals surface area contributed by atoms with Crippen molar-refractivity contribution in [2.75, 3.05) is 5.75 Å². The third kappa shape index (κ3) is 3.26. The van der Waals surface area contributed by atoms with Crippen molar-refractivity contribution in [1.29, 1.82) is 0 Å². The van der Waals surface area contributed by atoms with Crippen LogP contribution in [0, 0.1) is 0 Å². The van der Waals surface area contributed by atoms with Gasteiger partial charge in [0.1, 0.15) is 0 Å². The summed E-state index contributed by atoms with van der Waals surface area (Å²) in [5.41, 5.74) is 1.50. The maximum atomic E-state index is 12.2. The molecule has 0 spiro atoms. The molecule has 0 bridgehead atoms. The highest BCUT2D eigenvalue weighted by atomic mass is 35.5. The summed E-state index contributed by atoms with van der Waals surface area (Å²) in [6, 6.07) is 19.0. The van der Waals surface area contributed by atoms with E-state index in [0.717, 1.165) is 15.9 Å². The molecule has 21 heavy (non-hydrogen) atoms. The van der Waals surface area contributed by atoms with E-state index in [0.29, 0.717) is 16.3 Å². The summed E-state index contributed by atoms with van der Waals surface area (Å²) in [7, 11) is 0. The van der Waals surface area contributed by atoms with E-state index in [4.69, 9.17) is 11.6 Å². The highest BCUT2D eigenvalue weighted by Crippen LogP contribution is 2.23. The zero-order chi connectivity index (χ0) is 14.7. The van der Waals surface area contributed by atoms with Crippen LogP contribution in [0.15, 0.2) is 65.7 Å². The van der Waals surface area contributed by atoms with Gasteiger partial charge < -0.3 is 0 Å². The van der Waals surface area contributed by atoms with Gasteiger partial charge in [-0.15, -0.1) is 0 Å². The van der Waals surface area contributed by atoms with Gasteiger partial charge in [0, 0.05) is 10.9 Å². The van der Waals surface area contributed by atoms with Gasteiger partial charge in [-0.2, -0.15) is 0 Å². The summed E-state index contributed by atoms with van der Waals surface area (Å²) < 4.78 is 0. The molecule has 104 valence electrons. The standard InChI is InChI=1S/C17H12ClNOS/c18-14-7-3-2-6-13(14)16(20)11-21-17-10-9-12-5-1-4-8-15(12)19-17/h1-10H,11H2. The largest absolute Gasteiger partial charge is 0.293 e. The fourth-order valence-electron chi connectivity index (χ4n) is 2.03. The molecule has 3 aromatic rings. The predicted octanol–water partition coefficient (Wildman–Crippen LogP) is 4.86. The molecule has 0 amide bonds. The van der Waals surface area contributed by atoms with Crippen LogP contribution in [0.25, 0.3) is 10.9 Å². The normalized spacial score (nSPS) is 10.7. The molecule has 0 saturated heterocycles. The minimum atomic E-state index is 0.0144. The van der Waals surface area contributed by atoms with Crippen LogP contribution in [-0.2, 0) is 0 Å². The average molecular weight is 314 g/mol. The molecule has 0 N–H and O–H groups in total. The summed E-state index contributed by atoms with van der Waals surface area (Å²) in [5.74, 6) is 0.343. The lowest BCUT2D eigenvalue weighted by atomic mass is 10.1. The number of halogens is 1. The Hall–Kier alpha value is -1.84. The van der Waals surface area contributed by atoms with Crippen LogP contribution in [0.2, 0.25) is 5.02 Å². The van der Waals surface area contributed by atoms with Gasteiger partial charge in [-0.1, -0.05) is 59.8 Å². The number of hydrogen-bond donors (Lipinski definition) is 0. The smallest absolute Gasteiger partial charge is 0.174 e. The molecular weight excluding hydrogens is 302 g/mol. The van der Waals surface area contributed by atoms with Gasteiger partial charge in [-0.05, 0) is 24.3 Å². The molecule has 1 aromatic heterocycles. The maximum absolute atomic E-state index is 12.2. The monoisotopic (exact) mass is 313 g/mol. The van der Waals surface area contributed by atoms with Crippen molar-refractivity contribution in [1.82, 2.24) is 4.98 Å². The number of ketones is 1. The van der Waals surface area contributed by atoms with E-state index < -0.39 is 0 Å². The van der Waals surface area contributed by atoms with Gasteiger partial charge in [0.15, 0.2) is 5.78 Å². The highest BCUT2D eigenvalue weighted by Gasteiger charge is 2.10. The molecular formula is C17H12ClNOS. The lowest BCUT2D eigenvalue weighted by Crippen LogP contribution is -2.03. The minimum absolute atomic E-state index is 0.0144. The second-order valence-corrected chi connectivity index (χ2v) is 5.94. The Morgan fingerprint density at radius 3 is 2.62 bits per heavy atom. The van der Waals surface area contributed by atoms with Gasteiger partial charge in [0.05, 0.1) is 21.3 Å². The number of hydrogen-bond acceptors (Lipinski definition) is 3. The zero-order valence-electron chi connectivity index (χ0n) is 11.1. The molecule has 2 nitrogen and oxygen atoms in total. The van der Waals surface area contributed by atoms with Crippen LogP contribution in [0.5, 0.6) is 0 Å². The summed E-state index contributed by atoms with van der Waals surface area (Å²) >= 11 is 7.46. The number of rotatable bonds is 4. The molecule has 2 aromatic carbocycles. The maximum Gasteiger partial charge on any atom is 0.174 e. The Morgan fingerprint density at radius 2 is 1.76 bits per heavy atom. The van der Waals surface area contributed by atoms with E-state index >= 15 is 0 Å². The molecule has 0 aliphatic rings. The topological polar surface area (TPSA) is 30.0 Å². The number of aromatic nitrogens is 1. The Morgan fingerprint density at radius 1 is 1.00 bits per heavy atom. The number of para-hydroxylation sites is 1. The number of Topliss-reactive ketones (excluding diaryl/α,β-unsaturated/α-hetero) is 1. The molecule has 1 heterocycles. The third-order valence-electron chi connectivity index (χ3n) is 3.10. The molecule has 0 aliphatic carbocycles. The summed E-state index contributed by atoms with van der Waals surface area (Å²) in [4.78, 5) is 16.7. The van der Waals surface area contributed by atoms with Crippen LogP contribution in [0.4, 0.5) is 0 Å². The summed E-state index contributed by atoms with van der Waals surface area (Å²) in [6.45, 7) is 0. The van der Waals surface area contributed by atoms with Crippen molar-refractivity contribution in [2.24, 2.45) is 0 Å². The first-order valence-corrected chi connectivity index (χ1v) is 7.87. The number of carbonyl (C=O) groups excluding carboxylic acids is 1. The molecule has 4 heteroatoms. The van der Waals surface area contributed by atoms with E-state index in [-0.39, 0.29) is 5.78 Å². The van der Waals surface area contributed by atoms with Crippen molar-refractivity contribution in [3.63, 3.8) is 0 Å². The highest BCUT2D eigenvalue weighted by molar-refractivity contribution is 7.99. The molecule has 0 radical (unpaired) electrons. The lowest BCUT2D eigenvalue weighted by molar-refractivity contribution is 0.102. The summed E-state index contributed by atoms with van der Waals surface area (Å²) in [5, 5.41) is 2.43. The first-order valence-electron chi connectivity index (χ1n) is 6.50. The fourth-order valence-corrected chi connectivity index (χ4v) is 3.04. The van der Waals surface area contributed by atoms with E-state index in [1.807, 2.05) is 48.5 Å². The van der Waals surface area contributed by atoms with Gasteiger partial charge in [0.25, 0.3) is 0 Å². The molecule has 0 unspecified atom stereocenters. The Labute approximate surface area is 132 Å². The first-order chi connectivity index (χ1) is 10.2. The van der Waals surface area contributed by atoms with E-state index in [2.05, 4.69) is 4.98 Å². The number of pyridine rings is 1. The number of carbonyl (C=O) groups is 1. The number of benzene rings is 2. The van der Waals surface area contributed by atoms with E-state index in [9.17, 15) is 4.79 Å².